The number of rotatable bonds is 5. The fourth-order valence-electron chi connectivity index (χ4n) is 2.25. The molecule has 3 aromatic rings. The summed E-state index contributed by atoms with van der Waals surface area (Å²) in [6.07, 6.45) is 0. The number of thiazole rings is 1. The minimum atomic E-state index is -3.55. The summed E-state index contributed by atoms with van der Waals surface area (Å²) in [7, 11) is -0.680. The third kappa shape index (κ3) is 4.06. The molecule has 3 rings (SSSR count). The van der Waals surface area contributed by atoms with Crippen molar-refractivity contribution in [1.29, 1.82) is 0 Å². The predicted octanol–water partition coefficient (Wildman–Crippen LogP) is 4.34. The highest BCUT2D eigenvalue weighted by Crippen LogP contribution is 2.39. The number of hydrogen-bond acceptors (Lipinski definition) is 7. The van der Waals surface area contributed by atoms with E-state index in [-0.39, 0.29) is 26.3 Å². The average molecular weight is 423 g/mol. The smallest absolute Gasteiger partial charge is 0.242 e. The Morgan fingerprint density at radius 1 is 1.07 bits per heavy atom. The van der Waals surface area contributed by atoms with E-state index in [9.17, 15) is 17.2 Å². The van der Waals surface area contributed by atoms with Crippen LogP contribution in [0.1, 0.15) is 0 Å². The van der Waals surface area contributed by atoms with Gasteiger partial charge in [0.15, 0.2) is 10.1 Å². The van der Waals surface area contributed by atoms with Crippen LogP contribution in [0.5, 0.6) is 0 Å². The van der Waals surface area contributed by atoms with Gasteiger partial charge in [-0.05, 0) is 42.5 Å². The van der Waals surface area contributed by atoms with Gasteiger partial charge in [0.1, 0.15) is 17.3 Å². The summed E-state index contributed by atoms with van der Waals surface area (Å²) in [5, 5.41) is 8.36. The van der Waals surface area contributed by atoms with Gasteiger partial charge in [0.25, 0.3) is 0 Å². The van der Waals surface area contributed by atoms with Crippen LogP contribution in [0.15, 0.2) is 57.6 Å². The van der Waals surface area contributed by atoms with E-state index in [0.717, 1.165) is 33.8 Å². The molecule has 0 atom stereocenters. The van der Waals surface area contributed by atoms with Crippen molar-refractivity contribution in [2.24, 2.45) is 10.2 Å². The first kappa shape index (κ1) is 20.0. The van der Waals surface area contributed by atoms with Crippen molar-refractivity contribution in [2.45, 2.75) is 4.90 Å². The van der Waals surface area contributed by atoms with Crippen molar-refractivity contribution in [2.75, 3.05) is 19.8 Å². The first-order valence-electron chi connectivity index (χ1n) is 7.84. The van der Waals surface area contributed by atoms with Gasteiger partial charge in [0.2, 0.25) is 10.0 Å². The second-order valence-electron chi connectivity index (χ2n) is 5.81. The largest absolute Gasteiger partial charge is 0.375 e. The van der Waals surface area contributed by atoms with Crippen LogP contribution >= 0.6 is 11.3 Å². The molecule has 0 aliphatic rings. The van der Waals surface area contributed by atoms with E-state index in [1.165, 1.54) is 38.4 Å². The Balaban J connectivity index is 1.93. The molecular weight excluding hydrogens is 408 g/mol. The molecule has 0 bridgehead atoms. The van der Waals surface area contributed by atoms with Crippen LogP contribution in [0.4, 0.5) is 24.6 Å². The minimum Gasteiger partial charge on any atom is -0.375 e. The second-order valence-corrected chi connectivity index (χ2v) is 8.97. The number of sulfonamides is 1. The van der Waals surface area contributed by atoms with E-state index in [0.29, 0.717) is 5.69 Å². The molecule has 0 aliphatic heterocycles. The van der Waals surface area contributed by atoms with Gasteiger partial charge < -0.3 is 5.73 Å². The molecule has 2 N–H and O–H groups in total. The summed E-state index contributed by atoms with van der Waals surface area (Å²) >= 11 is 0.969. The van der Waals surface area contributed by atoms with Gasteiger partial charge in [-0.25, -0.2) is 26.5 Å². The van der Waals surface area contributed by atoms with Crippen molar-refractivity contribution in [3.05, 3.63) is 54.1 Å². The van der Waals surface area contributed by atoms with E-state index < -0.39 is 21.7 Å². The maximum Gasteiger partial charge on any atom is 0.242 e. The molecule has 28 heavy (non-hydrogen) atoms. The number of nitrogens with two attached hydrogens (primary N) is 1. The summed E-state index contributed by atoms with van der Waals surface area (Å²) in [6, 6.07) is 8.75. The second kappa shape index (κ2) is 7.70. The van der Waals surface area contributed by atoms with Gasteiger partial charge in [0, 0.05) is 19.7 Å². The number of halogens is 2. The van der Waals surface area contributed by atoms with E-state index in [1.807, 2.05) is 0 Å². The Morgan fingerprint density at radius 3 is 2.39 bits per heavy atom. The molecule has 1 heterocycles. The molecule has 0 unspecified atom stereocenters. The summed E-state index contributed by atoms with van der Waals surface area (Å²) in [5.74, 6) is -1.29. The highest BCUT2D eigenvalue weighted by Gasteiger charge is 2.18. The first-order valence-corrected chi connectivity index (χ1v) is 10.1. The van der Waals surface area contributed by atoms with Crippen LogP contribution in [0, 0.1) is 11.6 Å². The Bertz CT molecular complexity index is 1140. The standard InChI is InChI=1S/C17H15F2N5O2S2/c1-24(2)28(25,26)12-6-4-11(5-7-12)22-23-16-15(21-17(20)27-16)13-9-10(18)3-8-14(13)19/h3-9H,1-2H3,(H2,20,21). The van der Waals surface area contributed by atoms with Gasteiger partial charge in [-0.15, -0.1) is 10.2 Å². The molecule has 0 fully saturated rings. The van der Waals surface area contributed by atoms with Crippen LogP contribution in [0.3, 0.4) is 0 Å². The Kier molecular flexibility index (Phi) is 5.49. The molecule has 7 nitrogen and oxygen atoms in total. The minimum absolute atomic E-state index is 0.0747. The number of aromatic nitrogens is 1. The summed E-state index contributed by atoms with van der Waals surface area (Å²) < 4.78 is 52.8. The maximum atomic E-state index is 14.1. The molecule has 0 amide bonds. The van der Waals surface area contributed by atoms with Gasteiger partial charge in [0.05, 0.1) is 10.6 Å². The highest BCUT2D eigenvalue weighted by molar-refractivity contribution is 7.89. The van der Waals surface area contributed by atoms with Crippen LogP contribution in [-0.2, 0) is 10.0 Å². The molecule has 11 heteroatoms. The van der Waals surface area contributed by atoms with Gasteiger partial charge in [-0.1, -0.05) is 11.3 Å². The predicted molar refractivity (Wildman–Crippen MR) is 103 cm³/mol. The first-order chi connectivity index (χ1) is 13.2. The van der Waals surface area contributed by atoms with Crippen molar-refractivity contribution in [3.8, 4) is 11.3 Å². The zero-order chi connectivity index (χ0) is 20.5. The Morgan fingerprint density at radius 2 is 1.75 bits per heavy atom. The Hall–Kier alpha value is -2.76. The molecule has 0 saturated carbocycles. The van der Waals surface area contributed by atoms with Crippen LogP contribution in [-0.4, -0.2) is 31.8 Å². The number of anilines is 1. The molecule has 0 spiro atoms. The quantitative estimate of drug-likeness (QED) is 0.617. The molecule has 1 aromatic heterocycles. The summed E-state index contributed by atoms with van der Waals surface area (Å²) in [5.41, 5.74) is 6.06. The van der Waals surface area contributed by atoms with E-state index in [4.69, 9.17) is 5.73 Å². The molecule has 146 valence electrons. The monoisotopic (exact) mass is 423 g/mol. The number of hydrogen-bond donors (Lipinski definition) is 1. The van der Waals surface area contributed by atoms with E-state index in [1.54, 1.807) is 0 Å². The van der Waals surface area contributed by atoms with Crippen molar-refractivity contribution in [3.63, 3.8) is 0 Å². The highest BCUT2D eigenvalue weighted by atomic mass is 32.2. The van der Waals surface area contributed by atoms with Crippen molar-refractivity contribution >= 4 is 37.2 Å². The SMILES string of the molecule is CN(C)S(=O)(=O)c1ccc(N=Nc2sc(N)nc2-c2cc(F)ccc2F)cc1. The fourth-order valence-corrected chi connectivity index (χ4v) is 3.82. The topological polar surface area (TPSA) is 101 Å². The van der Waals surface area contributed by atoms with Gasteiger partial charge in [-0.2, -0.15) is 0 Å². The molecule has 0 saturated heterocycles. The average Bonchev–Trinajstić information content (AvgIpc) is 3.02. The van der Waals surface area contributed by atoms with Crippen LogP contribution < -0.4 is 5.73 Å². The Labute approximate surface area is 164 Å². The van der Waals surface area contributed by atoms with Crippen LogP contribution in [0.2, 0.25) is 0 Å². The number of benzene rings is 2. The third-order valence-electron chi connectivity index (χ3n) is 3.68. The van der Waals surface area contributed by atoms with Gasteiger partial charge >= 0.3 is 0 Å². The van der Waals surface area contributed by atoms with Crippen LogP contribution in [0.25, 0.3) is 11.3 Å². The number of nitrogen functional groups attached to an aromatic ring is 1. The third-order valence-corrected chi connectivity index (χ3v) is 6.28. The maximum absolute atomic E-state index is 14.1. The zero-order valence-electron chi connectivity index (χ0n) is 14.8. The molecule has 0 aliphatic carbocycles. The molecule has 0 radical (unpaired) electrons. The number of azo groups is 1. The van der Waals surface area contributed by atoms with Crippen molar-refractivity contribution in [1.82, 2.24) is 9.29 Å². The zero-order valence-corrected chi connectivity index (χ0v) is 16.4. The van der Waals surface area contributed by atoms with Gasteiger partial charge in [-0.3, -0.25) is 0 Å². The lowest BCUT2D eigenvalue weighted by atomic mass is 10.1. The molecule has 2 aromatic carbocycles. The fraction of sp³-hybridized carbons (Fsp3) is 0.118. The lowest BCUT2D eigenvalue weighted by molar-refractivity contribution is 0.521. The lowest BCUT2D eigenvalue weighted by Gasteiger charge is -2.10. The number of nitrogens with zero attached hydrogens (tertiary/aromatic N) is 4. The molecular formula is C17H15F2N5O2S2. The normalized spacial score (nSPS) is 12.2. The van der Waals surface area contributed by atoms with E-state index >= 15 is 0 Å². The van der Waals surface area contributed by atoms with Crippen molar-refractivity contribution < 1.29 is 17.2 Å². The summed E-state index contributed by atoms with van der Waals surface area (Å²) in [6.45, 7) is 0. The van der Waals surface area contributed by atoms with E-state index in [2.05, 4.69) is 15.2 Å². The lowest BCUT2D eigenvalue weighted by Crippen LogP contribution is -2.21. The summed E-state index contributed by atoms with van der Waals surface area (Å²) in [4.78, 5) is 4.12.